The lowest BCUT2D eigenvalue weighted by molar-refractivity contribution is 0.0951. The Morgan fingerprint density at radius 1 is 0.829 bits per heavy atom. The highest BCUT2D eigenvalue weighted by Crippen LogP contribution is 2.38. The molecule has 35 heavy (non-hydrogen) atoms. The summed E-state index contributed by atoms with van der Waals surface area (Å²) in [7, 11) is 6.25. The van der Waals surface area contributed by atoms with Gasteiger partial charge < -0.3 is 24.3 Å². The normalized spacial score (nSPS) is 10.5. The number of hydrogen-bond donors (Lipinski definition) is 1. The van der Waals surface area contributed by atoms with Crippen LogP contribution >= 0.6 is 0 Å². The molecule has 8 nitrogen and oxygen atoms in total. The number of rotatable bonds is 9. The van der Waals surface area contributed by atoms with E-state index in [1.165, 1.54) is 0 Å². The van der Waals surface area contributed by atoms with Crippen molar-refractivity contribution < 1.29 is 23.7 Å². The minimum Gasteiger partial charge on any atom is -0.496 e. The van der Waals surface area contributed by atoms with Crippen molar-refractivity contribution in [3.05, 3.63) is 84.1 Å². The Balaban J connectivity index is 1.68. The van der Waals surface area contributed by atoms with Gasteiger partial charge in [0, 0.05) is 18.3 Å². The van der Waals surface area contributed by atoms with Gasteiger partial charge in [-0.1, -0.05) is 30.3 Å². The minimum absolute atomic E-state index is 0.247. The van der Waals surface area contributed by atoms with Gasteiger partial charge in [0.25, 0.3) is 5.91 Å². The number of para-hydroxylation sites is 2. The van der Waals surface area contributed by atoms with Crippen molar-refractivity contribution in [3.63, 3.8) is 0 Å². The van der Waals surface area contributed by atoms with Crippen LogP contribution in [0.4, 0.5) is 0 Å². The monoisotopic (exact) mass is 473 g/mol. The van der Waals surface area contributed by atoms with E-state index in [1.54, 1.807) is 51.5 Å². The van der Waals surface area contributed by atoms with Crippen LogP contribution in [0.2, 0.25) is 0 Å². The number of amides is 1. The van der Waals surface area contributed by atoms with Gasteiger partial charge in [0.15, 0.2) is 11.5 Å². The number of carbonyl (C=O) groups is 1. The summed E-state index contributed by atoms with van der Waals surface area (Å²) >= 11 is 0. The van der Waals surface area contributed by atoms with Gasteiger partial charge in [-0.2, -0.15) is 5.10 Å². The molecule has 0 fully saturated rings. The molecule has 0 radical (unpaired) electrons. The maximum atomic E-state index is 13.4. The molecule has 4 aromatic rings. The first-order valence-corrected chi connectivity index (χ1v) is 10.9. The van der Waals surface area contributed by atoms with Gasteiger partial charge >= 0.3 is 0 Å². The topological polar surface area (TPSA) is 83.8 Å². The first-order chi connectivity index (χ1) is 17.1. The molecule has 0 saturated heterocycles. The summed E-state index contributed by atoms with van der Waals surface area (Å²) in [4.78, 5) is 13.4. The SMILES string of the molecule is COc1ccccc1-c1nn(-c2ccccc2)cc1C(=O)NCc1cc(OC)c(OC)c(OC)c1. The third kappa shape index (κ3) is 4.91. The molecule has 1 amide bonds. The van der Waals surface area contributed by atoms with Gasteiger partial charge in [0.2, 0.25) is 5.75 Å². The summed E-state index contributed by atoms with van der Waals surface area (Å²) in [5.74, 6) is 1.88. The van der Waals surface area contributed by atoms with Crippen LogP contribution in [0.5, 0.6) is 23.0 Å². The summed E-state index contributed by atoms with van der Waals surface area (Å²) < 4.78 is 23.4. The number of ether oxygens (including phenoxy) is 4. The van der Waals surface area contributed by atoms with Gasteiger partial charge in [0.05, 0.1) is 39.7 Å². The molecule has 1 aromatic heterocycles. The number of hydrogen-bond acceptors (Lipinski definition) is 6. The van der Waals surface area contributed by atoms with Crippen LogP contribution in [0, 0.1) is 0 Å². The Labute approximate surface area is 204 Å². The fourth-order valence-electron chi connectivity index (χ4n) is 3.81. The molecule has 0 aliphatic carbocycles. The van der Waals surface area contributed by atoms with Gasteiger partial charge in [0.1, 0.15) is 11.4 Å². The summed E-state index contributed by atoms with van der Waals surface area (Å²) in [5.41, 5.74) is 3.30. The van der Waals surface area contributed by atoms with E-state index in [-0.39, 0.29) is 12.5 Å². The fraction of sp³-hybridized carbons (Fsp3) is 0.185. The van der Waals surface area contributed by atoms with Crippen molar-refractivity contribution in [2.45, 2.75) is 6.54 Å². The molecule has 0 atom stereocenters. The predicted molar refractivity (Wildman–Crippen MR) is 133 cm³/mol. The molecule has 0 aliphatic rings. The molecule has 1 heterocycles. The van der Waals surface area contributed by atoms with Crippen molar-refractivity contribution in [1.82, 2.24) is 15.1 Å². The summed E-state index contributed by atoms with van der Waals surface area (Å²) in [6.45, 7) is 0.247. The zero-order valence-corrected chi connectivity index (χ0v) is 20.1. The fourth-order valence-corrected chi connectivity index (χ4v) is 3.81. The molecule has 0 aliphatic heterocycles. The third-order valence-corrected chi connectivity index (χ3v) is 5.52. The van der Waals surface area contributed by atoms with Gasteiger partial charge in [-0.05, 0) is 42.0 Å². The van der Waals surface area contributed by atoms with E-state index in [2.05, 4.69) is 5.32 Å². The Morgan fingerprint density at radius 3 is 2.09 bits per heavy atom. The largest absolute Gasteiger partial charge is 0.496 e. The highest BCUT2D eigenvalue weighted by molar-refractivity contribution is 6.00. The van der Waals surface area contributed by atoms with Crippen LogP contribution in [0.3, 0.4) is 0 Å². The third-order valence-electron chi connectivity index (χ3n) is 5.52. The van der Waals surface area contributed by atoms with E-state index in [0.717, 1.165) is 16.8 Å². The van der Waals surface area contributed by atoms with Gasteiger partial charge in [-0.3, -0.25) is 4.79 Å². The first kappa shape index (κ1) is 23.7. The van der Waals surface area contributed by atoms with Crippen LogP contribution < -0.4 is 24.3 Å². The number of nitrogens with zero attached hydrogens (tertiary/aromatic N) is 2. The molecule has 0 unspecified atom stereocenters. The number of methoxy groups -OCH3 is 4. The molecular weight excluding hydrogens is 446 g/mol. The number of nitrogens with one attached hydrogen (secondary N) is 1. The lowest BCUT2D eigenvalue weighted by atomic mass is 10.1. The maximum absolute atomic E-state index is 13.4. The first-order valence-electron chi connectivity index (χ1n) is 10.9. The lowest BCUT2D eigenvalue weighted by Gasteiger charge is -2.14. The Hall–Kier alpha value is -4.46. The van der Waals surface area contributed by atoms with Crippen molar-refractivity contribution in [1.29, 1.82) is 0 Å². The van der Waals surface area contributed by atoms with E-state index < -0.39 is 0 Å². The molecule has 0 saturated carbocycles. The average molecular weight is 474 g/mol. The van der Waals surface area contributed by atoms with Crippen molar-refractivity contribution >= 4 is 5.91 Å². The minimum atomic E-state index is -0.276. The molecule has 4 rings (SSSR count). The second kappa shape index (κ2) is 10.6. The quantitative estimate of drug-likeness (QED) is 0.385. The highest BCUT2D eigenvalue weighted by atomic mass is 16.5. The lowest BCUT2D eigenvalue weighted by Crippen LogP contribution is -2.23. The summed E-state index contributed by atoms with van der Waals surface area (Å²) in [6.07, 6.45) is 1.72. The summed E-state index contributed by atoms with van der Waals surface area (Å²) in [6, 6.07) is 20.7. The molecular formula is C27H27N3O5. The van der Waals surface area contributed by atoms with Crippen LogP contribution in [-0.4, -0.2) is 44.1 Å². The van der Waals surface area contributed by atoms with Crippen molar-refractivity contribution in [2.75, 3.05) is 28.4 Å². The van der Waals surface area contributed by atoms with E-state index >= 15 is 0 Å². The zero-order chi connectivity index (χ0) is 24.8. The zero-order valence-electron chi connectivity index (χ0n) is 20.1. The van der Waals surface area contributed by atoms with E-state index in [1.807, 2.05) is 54.6 Å². The average Bonchev–Trinajstić information content (AvgIpc) is 3.37. The van der Waals surface area contributed by atoms with Crippen LogP contribution in [0.25, 0.3) is 16.9 Å². The standard InChI is InChI=1S/C27H27N3O5/c1-32-22-13-9-8-12-20(22)25-21(17-30(29-25)19-10-6-5-7-11-19)27(31)28-16-18-14-23(33-2)26(35-4)24(15-18)34-3/h5-15,17H,16H2,1-4H3,(H,28,31). The number of aromatic nitrogens is 2. The van der Waals surface area contributed by atoms with Crippen molar-refractivity contribution in [3.8, 4) is 39.9 Å². The van der Waals surface area contributed by atoms with E-state index in [4.69, 9.17) is 24.0 Å². The van der Waals surface area contributed by atoms with Crippen molar-refractivity contribution in [2.24, 2.45) is 0 Å². The Bertz CT molecular complexity index is 1290. The second-order valence-electron chi connectivity index (χ2n) is 7.59. The highest BCUT2D eigenvalue weighted by Gasteiger charge is 2.21. The van der Waals surface area contributed by atoms with Crippen LogP contribution in [0.1, 0.15) is 15.9 Å². The van der Waals surface area contributed by atoms with Crippen LogP contribution in [-0.2, 0) is 6.54 Å². The van der Waals surface area contributed by atoms with Gasteiger partial charge in [-0.25, -0.2) is 4.68 Å². The maximum Gasteiger partial charge on any atom is 0.255 e. The molecule has 8 heteroatoms. The molecule has 1 N–H and O–H groups in total. The molecule has 180 valence electrons. The number of carbonyl (C=O) groups excluding carboxylic acids is 1. The smallest absolute Gasteiger partial charge is 0.255 e. The summed E-state index contributed by atoms with van der Waals surface area (Å²) in [5, 5.41) is 7.71. The number of benzene rings is 3. The Morgan fingerprint density at radius 2 is 1.46 bits per heavy atom. The van der Waals surface area contributed by atoms with E-state index in [0.29, 0.717) is 34.3 Å². The van der Waals surface area contributed by atoms with Crippen LogP contribution in [0.15, 0.2) is 72.9 Å². The molecule has 3 aromatic carbocycles. The molecule has 0 spiro atoms. The van der Waals surface area contributed by atoms with E-state index in [9.17, 15) is 4.79 Å². The van der Waals surface area contributed by atoms with Gasteiger partial charge in [-0.15, -0.1) is 0 Å². The Kier molecular flexibility index (Phi) is 7.21. The predicted octanol–water partition coefficient (Wildman–Crippen LogP) is 4.50. The second-order valence-corrected chi connectivity index (χ2v) is 7.59. The molecule has 0 bridgehead atoms.